The average molecular weight is 222 g/mol. The summed E-state index contributed by atoms with van der Waals surface area (Å²) in [6, 6.07) is 1.44. The number of piperidine rings is 1. The Morgan fingerprint density at radius 2 is 1.94 bits per heavy atom. The van der Waals surface area contributed by atoms with Crippen LogP contribution in [-0.4, -0.2) is 37.1 Å². The number of hydrogen-bond acceptors (Lipinski definition) is 2. The number of nitrogens with one attached hydrogen (secondary N) is 1. The molecule has 1 fully saturated rings. The third kappa shape index (κ3) is 3.33. The second-order valence-electron chi connectivity index (χ2n) is 5.58. The second-order valence-corrected chi connectivity index (χ2v) is 5.58. The minimum Gasteiger partial charge on any atom is -0.311 e. The van der Waals surface area contributed by atoms with Gasteiger partial charge in [-0.15, -0.1) is 0 Å². The lowest BCUT2D eigenvalue weighted by molar-refractivity contribution is 0.182. The molecule has 0 amide bonds. The van der Waals surface area contributed by atoms with Gasteiger partial charge in [0.15, 0.2) is 0 Å². The summed E-state index contributed by atoms with van der Waals surface area (Å²) in [6.07, 6.45) is 11.2. The van der Waals surface area contributed by atoms with Crippen molar-refractivity contribution in [1.82, 2.24) is 10.2 Å². The fourth-order valence-corrected chi connectivity index (χ4v) is 2.98. The predicted octanol–water partition coefficient (Wildman–Crippen LogP) is 2.42. The first-order valence-corrected chi connectivity index (χ1v) is 6.85. The molecule has 2 unspecified atom stereocenters. The van der Waals surface area contributed by atoms with Crippen LogP contribution >= 0.6 is 0 Å². The summed E-state index contributed by atoms with van der Waals surface area (Å²) in [5.41, 5.74) is 0. The van der Waals surface area contributed by atoms with E-state index in [9.17, 15) is 0 Å². The first kappa shape index (κ1) is 12.1. The normalized spacial score (nSPS) is 30.5. The molecule has 0 saturated carbocycles. The fraction of sp³-hybridized carbons (Fsp3) is 0.857. The zero-order valence-corrected chi connectivity index (χ0v) is 10.8. The van der Waals surface area contributed by atoms with Crippen LogP contribution < -0.4 is 5.32 Å². The molecule has 2 aliphatic rings. The van der Waals surface area contributed by atoms with E-state index in [1.165, 1.54) is 45.2 Å². The van der Waals surface area contributed by atoms with E-state index < -0.39 is 0 Å². The summed E-state index contributed by atoms with van der Waals surface area (Å²) in [4.78, 5) is 2.45. The van der Waals surface area contributed by atoms with Gasteiger partial charge in [-0.2, -0.15) is 0 Å². The number of nitrogens with zero attached hydrogens (tertiary/aromatic N) is 1. The van der Waals surface area contributed by atoms with Crippen LogP contribution in [0.25, 0.3) is 0 Å². The van der Waals surface area contributed by atoms with Gasteiger partial charge in [0.25, 0.3) is 0 Å². The molecule has 1 aliphatic carbocycles. The van der Waals surface area contributed by atoms with Crippen LogP contribution in [0, 0.1) is 5.92 Å². The van der Waals surface area contributed by atoms with E-state index in [-0.39, 0.29) is 0 Å². The highest BCUT2D eigenvalue weighted by Gasteiger charge is 2.23. The minimum absolute atomic E-state index is 0.699. The zero-order valence-electron chi connectivity index (χ0n) is 10.8. The first-order valence-electron chi connectivity index (χ1n) is 6.85. The van der Waals surface area contributed by atoms with Crippen LogP contribution in [0.3, 0.4) is 0 Å². The van der Waals surface area contributed by atoms with Gasteiger partial charge in [0.1, 0.15) is 0 Å². The van der Waals surface area contributed by atoms with Crippen molar-refractivity contribution in [2.75, 3.05) is 20.1 Å². The molecule has 2 rings (SSSR count). The molecular weight excluding hydrogens is 196 g/mol. The molecule has 0 aromatic carbocycles. The largest absolute Gasteiger partial charge is 0.311 e. The van der Waals surface area contributed by atoms with Crippen LogP contribution in [0.5, 0.6) is 0 Å². The molecule has 0 aromatic rings. The second kappa shape index (κ2) is 5.83. The Kier molecular flexibility index (Phi) is 4.42. The molecule has 0 aromatic heterocycles. The topological polar surface area (TPSA) is 15.3 Å². The number of rotatable bonds is 3. The average Bonchev–Trinajstić information content (AvgIpc) is 2.31. The zero-order chi connectivity index (χ0) is 11.4. The molecule has 0 radical (unpaired) electrons. The lowest BCUT2D eigenvalue weighted by Gasteiger charge is -2.35. The highest BCUT2D eigenvalue weighted by Crippen LogP contribution is 2.21. The quantitative estimate of drug-likeness (QED) is 0.738. The fourth-order valence-electron chi connectivity index (χ4n) is 2.98. The van der Waals surface area contributed by atoms with Crippen molar-refractivity contribution >= 4 is 0 Å². The number of likely N-dealkylation sites (tertiary alicyclic amines) is 1. The summed E-state index contributed by atoms with van der Waals surface area (Å²) < 4.78 is 0. The van der Waals surface area contributed by atoms with Crippen LogP contribution in [0.15, 0.2) is 12.2 Å². The Morgan fingerprint density at radius 3 is 2.56 bits per heavy atom. The molecule has 1 heterocycles. The summed E-state index contributed by atoms with van der Waals surface area (Å²) in [5, 5.41) is 3.83. The lowest BCUT2D eigenvalue weighted by atomic mass is 9.89. The highest BCUT2D eigenvalue weighted by molar-refractivity contribution is 4.94. The van der Waals surface area contributed by atoms with E-state index >= 15 is 0 Å². The van der Waals surface area contributed by atoms with Crippen molar-refractivity contribution in [3.63, 3.8) is 0 Å². The van der Waals surface area contributed by atoms with Crippen LogP contribution in [0.2, 0.25) is 0 Å². The Labute approximate surface area is 100 Å². The minimum atomic E-state index is 0.699. The molecule has 0 bridgehead atoms. The number of hydrogen-bond donors (Lipinski definition) is 1. The first-order chi connectivity index (χ1) is 7.75. The molecule has 2 heteroatoms. The maximum absolute atomic E-state index is 3.83. The van der Waals surface area contributed by atoms with Gasteiger partial charge in [-0.3, -0.25) is 0 Å². The Morgan fingerprint density at radius 1 is 1.19 bits per heavy atom. The highest BCUT2D eigenvalue weighted by atomic mass is 15.1. The molecule has 1 saturated heterocycles. The molecule has 2 atom stereocenters. The van der Waals surface area contributed by atoms with Crippen molar-refractivity contribution in [2.24, 2.45) is 5.92 Å². The predicted molar refractivity (Wildman–Crippen MR) is 69.6 cm³/mol. The molecule has 92 valence electrons. The monoisotopic (exact) mass is 222 g/mol. The van der Waals surface area contributed by atoms with E-state index in [4.69, 9.17) is 0 Å². The van der Waals surface area contributed by atoms with E-state index in [0.717, 1.165) is 12.0 Å². The molecule has 1 N–H and O–H groups in total. The van der Waals surface area contributed by atoms with Crippen molar-refractivity contribution in [3.05, 3.63) is 12.2 Å². The van der Waals surface area contributed by atoms with Crippen molar-refractivity contribution in [2.45, 2.75) is 51.1 Å². The molecule has 16 heavy (non-hydrogen) atoms. The van der Waals surface area contributed by atoms with Crippen LogP contribution in [-0.2, 0) is 0 Å². The van der Waals surface area contributed by atoms with Crippen molar-refractivity contribution < 1.29 is 0 Å². The summed E-state index contributed by atoms with van der Waals surface area (Å²) in [5.74, 6) is 0.891. The third-order valence-electron chi connectivity index (χ3n) is 4.24. The Bertz CT molecular complexity index is 229. The Hall–Kier alpha value is -0.340. The van der Waals surface area contributed by atoms with Crippen molar-refractivity contribution in [3.8, 4) is 0 Å². The SMILES string of the molecule is CC(NC1CC=CCC1)C1CCN(C)CC1. The molecule has 1 aliphatic heterocycles. The lowest BCUT2D eigenvalue weighted by Crippen LogP contribution is -2.45. The molecule has 0 spiro atoms. The molecular formula is C14H26N2. The van der Waals surface area contributed by atoms with Gasteiger partial charge in [-0.05, 0) is 65.1 Å². The van der Waals surface area contributed by atoms with E-state index in [2.05, 4.69) is 36.3 Å². The van der Waals surface area contributed by atoms with E-state index in [0.29, 0.717) is 6.04 Å². The van der Waals surface area contributed by atoms with Gasteiger partial charge in [0.05, 0.1) is 0 Å². The van der Waals surface area contributed by atoms with Gasteiger partial charge in [-0.25, -0.2) is 0 Å². The summed E-state index contributed by atoms with van der Waals surface area (Å²) in [6.45, 7) is 4.94. The third-order valence-corrected chi connectivity index (χ3v) is 4.24. The summed E-state index contributed by atoms with van der Waals surface area (Å²) >= 11 is 0. The summed E-state index contributed by atoms with van der Waals surface area (Å²) in [7, 11) is 2.24. The van der Waals surface area contributed by atoms with E-state index in [1.807, 2.05) is 0 Å². The standard InChI is InChI=1S/C14H26N2/c1-12(13-8-10-16(2)11-9-13)15-14-6-4-3-5-7-14/h3-4,12-15H,5-11H2,1-2H3. The van der Waals surface area contributed by atoms with Crippen LogP contribution in [0.1, 0.15) is 39.0 Å². The number of allylic oxidation sites excluding steroid dienone is 1. The van der Waals surface area contributed by atoms with Gasteiger partial charge in [-0.1, -0.05) is 12.2 Å². The van der Waals surface area contributed by atoms with Crippen LogP contribution in [0.4, 0.5) is 0 Å². The van der Waals surface area contributed by atoms with E-state index in [1.54, 1.807) is 0 Å². The van der Waals surface area contributed by atoms with Gasteiger partial charge >= 0.3 is 0 Å². The van der Waals surface area contributed by atoms with Gasteiger partial charge < -0.3 is 10.2 Å². The van der Waals surface area contributed by atoms with Gasteiger partial charge in [0.2, 0.25) is 0 Å². The molecule has 2 nitrogen and oxygen atoms in total. The van der Waals surface area contributed by atoms with Gasteiger partial charge in [0, 0.05) is 12.1 Å². The maximum Gasteiger partial charge on any atom is 0.0107 e. The van der Waals surface area contributed by atoms with Crippen molar-refractivity contribution in [1.29, 1.82) is 0 Å². The Balaban J connectivity index is 1.74. The smallest absolute Gasteiger partial charge is 0.0107 e. The maximum atomic E-state index is 3.83.